The van der Waals surface area contributed by atoms with Gasteiger partial charge in [0.1, 0.15) is 19.0 Å². The number of aromatic nitrogens is 3. The largest absolute Gasteiger partial charge is 0.496 e. The van der Waals surface area contributed by atoms with E-state index in [-0.39, 0.29) is 58.1 Å². The minimum absolute atomic E-state index is 0.0200. The second-order valence-electron chi connectivity index (χ2n) is 16.6. The Balaban J connectivity index is 0.000000279. The Labute approximate surface area is 374 Å². The quantitative estimate of drug-likeness (QED) is 0.239. The third kappa shape index (κ3) is 14.3. The van der Waals surface area contributed by atoms with Gasteiger partial charge in [-0.05, 0) is 133 Å². The first kappa shape index (κ1) is 52.7. The number of hydrogen-bond donors (Lipinski definition) is 1. The summed E-state index contributed by atoms with van der Waals surface area (Å²) in [4.78, 5) is 35.4. The van der Waals surface area contributed by atoms with Gasteiger partial charge in [0.15, 0.2) is 0 Å². The maximum Gasteiger partial charge on any atom is 0.496 e. The normalized spacial score (nSPS) is 19.2. The van der Waals surface area contributed by atoms with E-state index in [0.29, 0.717) is 0 Å². The lowest BCUT2D eigenvalue weighted by atomic mass is 9.49. The van der Waals surface area contributed by atoms with Crippen molar-refractivity contribution in [3.05, 3.63) is 95.0 Å². The molecule has 0 radical (unpaired) electrons. The summed E-state index contributed by atoms with van der Waals surface area (Å²) in [5, 5.41) is 24.5. The van der Waals surface area contributed by atoms with E-state index in [2.05, 4.69) is 36.8 Å². The minimum atomic E-state index is -0.518. The van der Waals surface area contributed by atoms with Gasteiger partial charge in [0.2, 0.25) is 5.56 Å². The van der Waals surface area contributed by atoms with Crippen LogP contribution < -0.4 is 22.1 Å². The molecule has 0 atom stereocenters. The van der Waals surface area contributed by atoms with Gasteiger partial charge in [-0.1, -0.05) is 6.07 Å². The van der Waals surface area contributed by atoms with Gasteiger partial charge in [-0.15, -0.1) is 11.6 Å². The molecule has 0 amide bonds. The van der Waals surface area contributed by atoms with Crippen LogP contribution in [-0.4, -0.2) is 74.7 Å². The first-order chi connectivity index (χ1) is 27.6. The van der Waals surface area contributed by atoms with Crippen LogP contribution in [0.1, 0.15) is 83.1 Å². The topological polar surface area (TPSA) is 204 Å². The van der Waals surface area contributed by atoms with Gasteiger partial charge in [-0.3, -0.25) is 14.4 Å². The summed E-state index contributed by atoms with van der Waals surface area (Å²) in [6.45, 7) is 24.2. The molecule has 0 aromatic carbocycles. The number of alkyl halides is 1. The molecular formula is C39H52B3Br2ClN6O9. The Kier molecular flexibility index (Phi) is 18.9. The maximum absolute atomic E-state index is 11.6. The zero-order valence-electron chi connectivity index (χ0n) is 36.1. The number of nitriles is 3. The number of rotatable bonds is 4. The van der Waals surface area contributed by atoms with Crippen molar-refractivity contribution in [1.29, 1.82) is 15.8 Å². The van der Waals surface area contributed by atoms with Crippen molar-refractivity contribution >= 4 is 70.1 Å². The van der Waals surface area contributed by atoms with E-state index in [4.69, 9.17) is 55.3 Å². The fourth-order valence-electron chi connectivity index (χ4n) is 4.96. The molecule has 3 aliphatic heterocycles. The third-order valence-corrected chi connectivity index (χ3v) is 11.6. The average molecular weight is 977 g/mol. The van der Waals surface area contributed by atoms with E-state index in [9.17, 15) is 14.4 Å². The van der Waals surface area contributed by atoms with Crippen LogP contribution in [0.15, 0.2) is 78.3 Å². The van der Waals surface area contributed by atoms with Crippen LogP contribution in [0.5, 0.6) is 0 Å². The van der Waals surface area contributed by atoms with Crippen LogP contribution in [0, 0.1) is 34.0 Å². The molecule has 21 heteroatoms. The Hall–Kier alpha value is -3.48. The van der Waals surface area contributed by atoms with Crippen molar-refractivity contribution in [2.45, 2.75) is 130 Å². The minimum Gasteiger partial charge on any atom is -0.405 e. The SMILES string of the molecule is CC1(C)OB(B2OC(C)(C)C(C)(C)O2)OC1(C)C.CC1(C)OB(c2ccc(=O)n(CC#N)c2)OC1(C)C.N#CCCl.N#CCn1cc(Br)ccc1=O.O=c1ccc(Br)c[nH]1. The number of aromatic amines is 1. The lowest BCUT2D eigenvalue weighted by Gasteiger charge is -2.32. The van der Waals surface area contributed by atoms with Gasteiger partial charge < -0.3 is 42.0 Å². The molecule has 3 saturated heterocycles. The monoisotopic (exact) mass is 974 g/mol. The van der Waals surface area contributed by atoms with E-state index >= 15 is 0 Å². The zero-order valence-corrected chi connectivity index (χ0v) is 40.0. The smallest absolute Gasteiger partial charge is 0.405 e. The molecule has 15 nitrogen and oxygen atoms in total. The van der Waals surface area contributed by atoms with Crippen molar-refractivity contribution in [3.63, 3.8) is 0 Å². The molecular weight excluding hydrogens is 924 g/mol. The fourth-order valence-corrected chi connectivity index (χ4v) is 5.59. The average Bonchev–Trinajstić information content (AvgIpc) is 3.62. The molecule has 3 aromatic rings. The van der Waals surface area contributed by atoms with Crippen LogP contribution in [0.3, 0.4) is 0 Å². The van der Waals surface area contributed by atoms with Gasteiger partial charge in [-0.25, -0.2) is 0 Å². The summed E-state index contributed by atoms with van der Waals surface area (Å²) in [6, 6.07) is 14.9. The molecule has 3 fully saturated rings. The Morgan fingerprint density at radius 3 is 1.30 bits per heavy atom. The number of halogens is 3. The Bertz CT molecular complexity index is 2130. The molecule has 0 spiro atoms. The second-order valence-corrected chi connectivity index (χ2v) is 18.7. The molecule has 322 valence electrons. The first-order valence-electron chi connectivity index (χ1n) is 18.7. The molecule has 60 heavy (non-hydrogen) atoms. The molecule has 0 saturated carbocycles. The number of nitrogens with zero attached hydrogens (tertiary/aromatic N) is 5. The number of hydrogen-bond acceptors (Lipinski definition) is 12. The van der Waals surface area contributed by atoms with Crippen LogP contribution in [0.2, 0.25) is 0 Å². The third-order valence-electron chi connectivity index (χ3n) is 10.5. The van der Waals surface area contributed by atoms with Gasteiger partial charge in [-0.2, -0.15) is 15.8 Å². The predicted molar refractivity (Wildman–Crippen MR) is 239 cm³/mol. The van der Waals surface area contributed by atoms with E-state index in [1.165, 1.54) is 27.3 Å². The van der Waals surface area contributed by atoms with Crippen molar-refractivity contribution in [1.82, 2.24) is 14.1 Å². The molecule has 6 rings (SSSR count). The summed E-state index contributed by atoms with van der Waals surface area (Å²) in [6.07, 6.45) is 4.81. The summed E-state index contributed by atoms with van der Waals surface area (Å²) in [7, 11) is -1.47. The second kappa shape index (κ2) is 21.5. The molecule has 0 bridgehead atoms. The maximum atomic E-state index is 11.6. The van der Waals surface area contributed by atoms with E-state index in [1.54, 1.807) is 42.9 Å². The number of H-pyrrole nitrogens is 1. The standard InChI is InChI=1S/C13H17BN2O3.C12H24B2O4.C7H5BrN2O.C5H4BrNO.C2H2ClN/c1-12(2)13(3,4)19-14(18-12)10-5-6-11(17)16(9-10)8-7-15;1-9(2)10(3,4)16-13(15-9)14-17-11(5,6)12(7,8)18-14;8-6-1-2-7(11)10(5-6)4-3-9;6-4-1-2-5(8)7-3-4;3-1-2-4/h5-6,9H,8H2,1-4H3;1-8H3;1-2,5H,4H2;1-3H,(H,7,8);1H2. The van der Waals surface area contributed by atoms with Gasteiger partial charge in [0.25, 0.3) is 11.1 Å². The molecule has 3 aliphatic rings. The lowest BCUT2D eigenvalue weighted by molar-refractivity contribution is 0.00578. The van der Waals surface area contributed by atoms with Crippen molar-refractivity contribution in [2.75, 3.05) is 5.88 Å². The van der Waals surface area contributed by atoms with Crippen LogP contribution in [-0.2, 0) is 41.0 Å². The van der Waals surface area contributed by atoms with Crippen molar-refractivity contribution in [3.8, 4) is 18.2 Å². The zero-order chi connectivity index (χ0) is 45.9. The first-order valence-corrected chi connectivity index (χ1v) is 20.9. The highest BCUT2D eigenvalue weighted by molar-refractivity contribution is 9.10. The Morgan fingerprint density at radius 1 is 0.583 bits per heavy atom. The van der Waals surface area contributed by atoms with Crippen LogP contribution in [0.4, 0.5) is 0 Å². The van der Waals surface area contributed by atoms with E-state index in [1.807, 2.05) is 95.2 Å². The molecule has 0 aliphatic carbocycles. The van der Waals surface area contributed by atoms with Crippen molar-refractivity contribution < 1.29 is 27.9 Å². The molecule has 0 unspecified atom stereocenters. The predicted octanol–water partition coefficient (Wildman–Crippen LogP) is 5.94. The van der Waals surface area contributed by atoms with Crippen molar-refractivity contribution in [2.24, 2.45) is 0 Å². The summed E-state index contributed by atoms with van der Waals surface area (Å²) >= 11 is 11.2. The lowest BCUT2D eigenvalue weighted by Crippen LogP contribution is -2.41. The highest BCUT2D eigenvalue weighted by atomic mass is 79.9. The Morgan fingerprint density at radius 2 is 0.950 bits per heavy atom. The molecule has 6 heterocycles. The molecule has 1 N–H and O–H groups in total. The highest BCUT2D eigenvalue weighted by Gasteiger charge is 2.63. The van der Waals surface area contributed by atoms with Gasteiger partial charge >= 0.3 is 21.1 Å². The number of pyridine rings is 3. The summed E-state index contributed by atoms with van der Waals surface area (Å²) in [5.74, 6) is 0.0972. The molecule has 3 aromatic heterocycles. The van der Waals surface area contributed by atoms with Gasteiger partial charge in [0.05, 0.1) is 51.8 Å². The fraction of sp³-hybridized carbons (Fsp3) is 0.538. The van der Waals surface area contributed by atoms with Crippen LogP contribution in [0.25, 0.3) is 0 Å². The number of nitrogens with one attached hydrogen (secondary N) is 1. The summed E-state index contributed by atoms with van der Waals surface area (Å²) in [5.41, 5.74) is -1.98. The van der Waals surface area contributed by atoms with E-state index in [0.717, 1.165) is 14.4 Å². The van der Waals surface area contributed by atoms with Crippen LogP contribution >= 0.6 is 43.5 Å². The van der Waals surface area contributed by atoms with E-state index < -0.39 is 32.3 Å². The summed E-state index contributed by atoms with van der Waals surface area (Å²) < 4.78 is 40.0. The van der Waals surface area contributed by atoms with Gasteiger partial charge in [0, 0.05) is 45.7 Å². The highest BCUT2D eigenvalue weighted by Crippen LogP contribution is 2.43.